The molecule has 104 valence electrons. The molecule has 1 aliphatic heterocycles. The molecule has 2 bridgehead atoms. The van der Waals surface area contributed by atoms with E-state index in [0.29, 0.717) is 5.69 Å². The van der Waals surface area contributed by atoms with Crippen LogP contribution in [-0.4, -0.2) is 25.1 Å². The summed E-state index contributed by atoms with van der Waals surface area (Å²) in [6.07, 6.45) is 1.81. The molecule has 2 heterocycles. The Kier molecular flexibility index (Phi) is 2.32. The van der Waals surface area contributed by atoms with Gasteiger partial charge in [-0.1, -0.05) is 18.2 Å². The smallest absolute Gasteiger partial charge is 0.352 e. The maximum Gasteiger partial charge on any atom is 0.352 e. The standard InChI is InChI=1S/C14H15N3O3/c18-12-10-7-4-8-11(12)17-14(20)15(13(19)16(10)17)9-5-2-1-3-6-9/h1-3,5-6,10-12,18H,4,7-8H2/t10-,11+,12?. The molecule has 1 unspecified atom stereocenters. The average molecular weight is 273 g/mol. The van der Waals surface area contributed by atoms with E-state index in [1.807, 2.05) is 6.07 Å². The molecular weight excluding hydrogens is 258 g/mol. The van der Waals surface area contributed by atoms with E-state index in [4.69, 9.17) is 0 Å². The summed E-state index contributed by atoms with van der Waals surface area (Å²) in [4.78, 5) is 25.1. The number of aromatic nitrogens is 3. The fraction of sp³-hybridized carbons (Fsp3) is 0.429. The highest BCUT2D eigenvalue weighted by molar-refractivity contribution is 5.30. The van der Waals surface area contributed by atoms with Crippen molar-refractivity contribution in [1.29, 1.82) is 0 Å². The van der Waals surface area contributed by atoms with Gasteiger partial charge in [0, 0.05) is 0 Å². The predicted molar refractivity (Wildman–Crippen MR) is 72.2 cm³/mol. The molecule has 6 heteroatoms. The molecule has 0 radical (unpaired) electrons. The van der Waals surface area contributed by atoms with Crippen molar-refractivity contribution in [2.45, 2.75) is 37.5 Å². The topological polar surface area (TPSA) is 69.2 Å². The average Bonchev–Trinajstić information content (AvgIpc) is 2.78. The van der Waals surface area contributed by atoms with Gasteiger partial charge in [0.2, 0.25) is 0 Å². The van der Waals surface area contributed by atoms with Gasteiger partial charge in [-0.15, -0.1) is 0 Å². The molecule has 1 aromatic carbocycles. The van der Waals surface area contributed by atoms with Crippen LogP contribution in [0.3, 0.4) is 0 Å². The summed E-state index contributed by atoms with van der Waals surface area (Å²) < 4.78 is 4.10. The molecule has 1 aromatic heterocycles. The van der Waals surface area contributed by atoms with Gasteiger partial charge < -0.3 is 5.11 Å². The minimum absolute atomic E-state index is 0.265. The van der Waals surface area contributed by atoms with E-state index < -0.39 is 6.10 Å². The van der Waals surface area contributed by atoms with E-state index in [1.165, 1.54) is 13.9 Å². The number of benzene rings is 1. The summed E-state index contributed by atoms with van der Waals surface area (Å²) in [5.74, 6) is 0. The molecule has 3 atom stereocenters. The highest BCUT2D eigenvalue weighted by Crippen LogP contribution is 2.39. The van der Waals surface area contributed by atoms with Crippen LogP contribution in [0.2, 0.25) is 0 Å². The lowest BCUT2D eigenvalue weighted by atomic mass is 9.90. The van der Waals surface area contributed by atoms with Crippen molar-refractivity contribution in [2.24, 2.45) is 0 Å². The van der Waals surface area contributed by atoms with Gasteiger partial charge in [0.05, 0.1) is 23.9 Å². The van der Waals surface area contributed by atoms with E-state index in [9.17, 15) is 14.7 Å². The van der Waals surface area contributed by atoms with Gasteiger partial charge in [0.15, 0.2) is 0 Å². The second-order valence-corrected chi connectivity index (χ2v) is 5.48. The fourth-order valence-corrected chi connectivity index (χ4v) is 3.54. The minimum Gasteiger partial charge on any atom is -0.389 e. The first-order chi connectivity index (χ1) is 9.70. The fourth-order valence-electron chi connectivity index (χ4n) is 3.54. The summed E-state index contributed by atoms with van der Waals surface area (Å²) in [6, 6.07) is 8.39. The van der Waals surface area contributed by atoms with Gasteiger partial charge in [-0.3, -0.25) is 0 Å². The third kappa shape index (κ3) is 1.31. The Balaban J connectivity index is 2.00. The first-order valence-electron chi connectivity index (χ1n) is 6.89. The van der Waals surface area contributed by atoms with Crippen molar-refractivity contribution in [3.8, 4) is 5.69 Å². The summed E-state index contributed by atoms with van der Waals surface area (Å²) in [5.41, 5.74) is -0.131. The van der Waals surface area contributed by atoms with Crippen molar-refractivity contribution >= 4 is 0 Å². The molecule has 0 saturated heterocycles. The second-order valence-electron chi connectivity index (χ2n) is 5.48. The number of nitrogens with zero attached hydrogens (tertiary/aromatic N) is 3. The molecular formula is C14H15N3O3. The summed E-state index contributed by atoms with van der Waals surface area (Å²) in [5, 5.41) is 10.2. The van der Waals surface area contributed by atoms with Crippen LogP contribution in [0.4, 0.5) is 0 Å². The lowest BCUT2D eigenvalue weighted by molar-refractivity contribution is 0.0738. The molecule has 2 aliphatic rings. The first kappa shape index (κ1) is 11.7. The second kappa shape index (κ2) is 3.96. The third-order valence-electron chi connectivity index (χ3n) is 4.44. The first-order valence-corrected chi connectivity index (χ1v) is 6.89. The zero-order valence-electron chi connectivity index (χ0n) is 10.8. The van der Waals surface area contributed by atoms with Gasteiger partial charge in [-0.25, -0.2) is 23.5 Å². The number of hydrogen-bond donors (Lipinski definition) is 1. The Morgan fingerprint density at radius 1 is 0.950 bits per heavy atom. The van der Waals surface area contributed by atoms with Crippen LogP contribution >= 0.6 is 0 Å². The SMILES string of the molecule is O=c1n(-c2ccccc2)c(=O)n2n1[C@@H]1CCC[C@H]2C1O. The van der Waals surface area contributed by atoms with Crippen LogP contribution in [0, 0.1) is 0 Å². The normalized spacial score (nSPS) is 27.6. The minimum atomic E-state index is -0.616. The quantitative estimate of drug-likeness (QED) is 0.819. The van der Waals surface area contributed by atoms with Gasteiger partial charge >= 0.3 is 11.4 Å². The van der Waals surface area contributed by atoms with Crippen LogP contribution in [0.15, 0.2) is 39.9 Å². The van der Waals surface area contributed by atoms with E-state index >= 15 is 0 Å². The monoisotopic (exact) mass is 273 g/mol. The number of rotatable bonds is 1. The molecule has 20 heavy (non-hydrogen) atoms. The summed E-state index contributed by atoms with van der Waals surface area (Å²) >= 11 is 0. The van der Waals surface area contributed by atoms with Gasteiger partial charge in [0.1, 0.15) is 0 Å². The molecule has 6 nitrogen and oxygen atoms in total. The largest absolute Gasteiger partial charge is 0.389 e. The van der Waals surface area contributed by atoms with Crippen molar-refractivity contribution in [2.75, 3.05) is 0 Å². The van der Waals surface area contributed by atoms with Crippen LogP contribution < -0.4 is 11.4 Å². The number of aliphatic hydroxyl groups is 1. The van der Waals surface area contributed by atoms with E-state index in [1.54, 1.807) is 24.3 Å². The highest BCUT2D eigenvalue weighted by atomic mass is 16.3. The Hall–Kier alpha value is -2.08. The summed E-state index contributed by atoms with van der Waals surface area (Å²) in [6.45, 7) is 0. The number of para-hydroxylation sites is 1. The van der Waals surface area contributed by atoms with E-state index in [-0.39, 0.29) is 23.5 Å². The molecule has 1 saturated carbocycles. The Morgan fingerprint density at radius 2 is 1.50 bits per heavy atom. The Morgan fingerprint density at radius 3 is 2.05 bits per heavy atom. The molecule has 4 rings (SSSR count). The molecule has 1 N–H and O–H groups in total. The molecule has 1 aliphatic carbocycles. The van der Waals surface area contributed by atoms with Gasteiger partial charge in [-0.05, 0) is 31.4 Å². The van der Waals surface area contributed by atoms with Crippen molar-refractivity contribution in [1.82, 2.24) is 13.9 Å². The Bertz CT molecular complexity index is 728. The zero-order chi connectivity index (χ0) is 13.9. The third-order valence-corrected chi connectivity index (χ3v) is 4.44. The molecule has 0 amide bonds. The van der Waals surface area contributed by atoms with Crippen molar-refractivity contribution in [3.05, 3.63) is 51.3 Å². The van der Waals surface area contributed by atoms with Gasteiger partial charge in [-0.2, -0.15) is 0 Å². The van der Waals surface area contributed by atoms with Crippen LogP contribution in [0.1, 0.15) is 31.3 Å². The van der Waals surface area contributed by atoms with Crippen LogP contribution in [0.5, 0.6) is 0 Å². The maximum atomic E-state index is 12.6. The van der Waals surface area contributed by atoms with E-state index in [0.717, 1.165) is 19.3 Å². The molecule has 0 spiro atoms. The van der Waals surface area contributed by atoms with Crippen molar-refractivity contribution < 1.29 is 5.11 Å². The predicted octanol–water partition coefficient (Wildman–Crippen LogP) is 0.441. The lowest BCUT2D eigenvalue weighted by Crippen LogP contribution is -2.36. The molecule has 1 fully saturated rings. The number of hydrogen-bond acceptors (Lipinski definition) is 3. The number of aliphatic hydroxyl groups excluding tert-OH is 1. The van der Waals surface area contributed by atoms with E-state index in [2.05, 4.69) is 0 Å². The molecule has 2 aromatic rings. The lowest BCUT2D eigenvalue weighted by Gasteiger charge is -2.23. The highest BCUT2D eigenvalue weighted by Gasteiger charge is 2.45. The number of fused-ring (bicyclic) bond motifs is 5. The van der Waals surface area contributed by atoms with Gasteiger partial charge in [0.25, 0.3) is 0 Å². The van der Waals surface area contributed by atoms with Crippen molar-refractivity contribution in [3.63, 3.8) is 0 Å². The Labute approximate surface area is 114 Å². The van der Waals surface area contributed by atoms with Crippen LogP contribution in [-0.2, 0) is 0 Å². The summed E-state index contributed by atoms with van der Waals surface area (Å²) in [7, 11) is 0. The maximum absolute atomic E-state index is 12.6. The zero-order valence-corrected chi connectivity index (χ0v) is 10.8. The van der Waals surface area contributed by atoms with Crippen LogP contribution in [0.25, 0.3) is 5.69 Å².